The van der Waals surface area contributed by atoms with E-state index in [4.69, 9.17) is 11.6 Å². The molecule has 0 aliphatic rings. The summed E-state index contributed by atoms with van der Waals surface area (Å²) in [5.41, 5.74) is 4.02. The van der Waals surface area contributed by atoms with Crippen molar-refractivity contribution in [3.63, 3.8) is 0 Å². The Morgan fingerprint density at radius 1 is 0.946 bits per heavy atom. The van der Waals surface area contributed by atoms with Crippen molar-refractivity contribution in [1.29, 1.82) is 0 Å². The minimum atomic E-state index is -1.85. The first-order chi connectivity index (χ1) is 17.8. The van der Waals surface area contributed by atoms with Gasteiger partial charge in [0, 0.05) is 27.8 Å². The summed E-state index contributed by atoms with van der Waals surface area (Å²) in [6.45, 7) is 7.09. The number of benzene rings is 3. The summed E-state index contributed by atoms with van der Waals surface area (Å²) in [7, 11) is -1.85. The number of rotatable bonds is 10. The molecular weight excluding hydrogens is 506 g/mol. The van der Waals surface area contributed by atoms with Crippen molar-refractivity contribution in [3.05, 3.63) is 99.6 Å². The molecule has 0 aliphatic heterocycles. The Labute approximate surface area is 223 Å². The molecule has 4 rings (SSSR count). The summed E-state index contributed by atoms with van der Waals surface area (Å²) < 4.78 is 28.3. The molecule has 37 heavy (non-hydrogen) atoms. The molecule has 0 fully saturated rings. The Kier molecular flexibility index (Phi) is 8.50. The van der Waals surface area contributed by atoms with Gasteiger partial charge in [-0.15, -0.1) is 0 Å². The van der Waals surface area contributed by atoms with Crippen LogP contribution in [0.2, 0.25) is 23.2 Å². The van der Waals surface area contributed by atoms with Crippen LogP contribution in [0.25, 0.3) is 10.9 Å². The number of H-pyrrole nitrogens is 1. The second-order valence-corrected chi connectivity index (χ2v) is 15.3. The molecule has 3 nitrogen and oxygen atoms in total. The molecule has 0 bridgehead atoms. The molecule has 7 heteroatoms. The van der Waals surface area contributed by atoms with Crippen molar-refractivity contribution >= 4 is 41.8 Å². The molecule has 0 spiro atoms. The summed E-state index contributed by atoms with van der Waals surface area (Å²) in [5.74, 6) is -0.759. The standard InChI is InChI=1S/C30H33ClF2N2OSi/c1-4-37(5-2,6-3)30-25(26-18-23(31)19-27(33)28(26)35-30)14-15-34-29(36)22-12-10-20(11-13-22)16-21-8-7-9-24(32)17-21/h7-13,17-19,35H,4-6,14-16H2,1-3H3,(H,34,36). The number of nitrogens with one attached hydrogen (secondary N) is 2. The van der Waals surface area contributed by atoms with Gasteiger partial charge in [-0.1, -0.05) is 74.8 Å². The smallest absolute Gasteiger partial charge is 0.251 e. The maximum Gasteiger partial charge on any atom is 0.251 e. The van der Waals surface area contributed by atoms with E-state index in [1.54, 1.807) is 18.2 Å². The Bertz CT molecular complexity index is 1390. The van der Waals surface area contributed by atoms with E-state index in [9.17, 15) is 13.6 Å². The lowest BCUT2D eigenvalue weighted by atomic mass is 10.0. The van der Waals surface area contributed by atoms with E-state index >= 15 is 0 Å². The van der Waals surface area contributed by atoms with Crippen LogP contribution in [0.15, 0.2) is 60.7 Å². The highest BCUT2D eigenvalue weighted by Crippen LogP contribution is 2.30. The first kappa shape index (κ1) is 27.1. The number of aromatic nitrogens is 1. The topological polar surface area (TPSA) is 44.9 Å². The van der Waals surface area contributed by atoms with Crippen LogP contribution in [0.3, 0.4) is 0 Å². The van der Waals surface area contributed by atoms with Crippen LogP contribution in [-0.2, 0) is 12.8 Å². The summed E-state index contributed by atoms with van der Waals surface area (Å²) >= 11 is 6.23. The maximum atomic E-state index is 14.8. The third kappa shape index (κ3) is 5.81. The quantitative estimate of drug-likeness (QED) is 0.203. The molecule has 0 saturated carbocycles. The van der Waals surface area contributed by atoms with E-state index in [1.165, 1.54) is 23.5 Å². The monoisotopic (exact) mass is 538 g/mol. The van der Waals surface area contributed by atoms with Gasteiger partial charge in [-0.2, -0.15) is 0 Å². The molecular formula is C30H33ClF2N2OSi. The predicted octanol–water partition coefficient (Wildman–Crippen LogP) is 7.38. The molecule has 1 amide bonds. The Morgan fingerprint density at radius 3 is 2.30 bits per heavy atom. The van der Waals surface area contributed by atoms with E-state index in [2.05, 4.69) is 31.1 Å². The number of aromatic amines is 1. The average molecular weight is 539 g/mol. The number of carbonyl (C=O) groups excluding carboxylic acids is 1. The van der Waals surface area contributed by atoms with Crippen molar-refractivity contribution < 1.29 is 13.6 Å². The third-order valence-corrected chi connectivity index (χ3v) is 13.4. The van der Waals surface area contributed by atoms with Crippen LogP contribution < -0.4 is 10.6 Å². The molecule has 2 N–H and O–H groups in total. The summed E-state index contributed by atoms with van der Waals surface area (Å²) in [6.07, 6.45) is 1.19. The second-order valence-electron chi connectivity index (χ2n) is 9.64. The third-order valence-electron chi connectivity index (χ3n) is 7.67. The van der Waals surface area contributed by atoms with Gasteiger partial charge < -0.3 is 10.3 Å². The van der Waals surface area contributed by atoms with Gasteiger partial charge in [-0.05, 0) is 65.9 Å². The molecule has 194 valence electrons. The Hall–Kier alpha value is -2.96. The normalized spacial score (nSPS) is 11.7. The molecule has 0 radical (unpaired) electrons. The van der Waals surface area contributed by atoms with Crippen molar-refractivity contribution in [3.8, 4) is 0 Å². The lowest BCUT2D eigenvalue weighted by Crippen LogP contribution is -2.48. The van der Waals surface area contributed by atoms with Crippen LogP contribution in [0.5, 0.6) is 0 Å². The van der Waals surface area contributed by atoms with E-state index < -0.39 is 8.07 Å². The van der Waals surface area contributed by atoms with Crippen molar-refractivity contribution in [1.82, 2.24) is 10.3 Å². The van der Waals surface area contributed by atoms with Gasteiger partial charge in [0.25, 0.3) is 5.91 Å². The van der Waals surface area contributed by atoms with Crippen LogP contribution in [0.1, 0.15) is 47.8 Å². The lowest BCUT2D eigenvalue weighted by Gasteiger charge is -2.28. The van der Waals surface area contributed by atoms with E-state index in [1.807, 2.05) is 24.3 Å². The maximum absolute atomic E-state index is 14.8. The van der Waals surface area contributed by atoms with Crippen molar-refractivity contribution in [2.24, 2.45) is 0 Å². The molecule has 0 unspecified atom stereocenters. The Balaban J connectivity index is 1.50. The molecule has 3 aromatic carbocycles. The first-order valence-electron chi connectivity index (χ1n) is 12.9. The molecule has 1 heterocycles. The van der Waals surface area contributed by atoms with Gasteiger partial charge in [-0.3, -0.25) is 4.79 Å². The SMILES string of the molecule is CC[Si](CC)(CC)c1[nH]c2c(F)cc(Cl)cc2c1CCNC(=O)c1ccc(Cc2cccc(F)c2)cc1. The van der Waals surface area contributed by atoms with Crippen LogP contribution >= 0.6 is 11.6 Å². The minimum absolute atomic E-state index is 0.159. The summed E-state index contributed by atoms with van der Waals surface area (Å²) in [6, 6.07) is 20.3. The van der Waals surface area contributed by atoms with Crippen LogP contribution in [-0.4, -0.2) is 25.5 Å². The number of amides is 1. The molecule has 1 aromatic heterocycles. The van der Waals surface area contributed by atoms with Gasteiger partial charge in [0.1, 0.15) is 19.7 Å². The number of carbonyl (C=O) groups is 1. The Morgan fingerprint density at radius 2 is 1.65 bits per heavy atom. The van der Waals surface area contributed by atoms with Crippen molar-refractivity contribution in [2.45, 2.75) is 51.7 Å². The van der Waals surface area contributed by atoms with Crippen molar-refractivity contribution in [2.75, 3.05) is 6.54 Å². The zero-order chi connectivity index (χ0) is 26.6. The minimum Gasteiger partial charge on any atom is -0.360 e. The fraction of sp³-hybridized carbons (Fsp3) is 0.300. The number of hydrogen-bond acceptors (Lipinski definition) is 1. The average Bonchev–Trinajstić information content (AvgIpc) is 3.25. The highest BCUT2D eigenvalue weighted by Gasteiger charge is 2.34. The number of halogens is 3. The summed E-state index contributed by atoms with van der Waals surface area (Å²) in [4.78, 5) is 16.3. The molecule has 4 aromatic rings. The molecule has 0 atom stereocenters. The van der Waals surface area contributed by atoms with E-state index in [0.29, 0.717) is 35.5 Å². The van der Waals surface area contributed by atoms with Gasteiger partial charge in [-0.25, -0.2) is 8.78 Å². The predicted molar refractivity (Wildman–Crippen MR) is 152 cm³/mol. The molecule has 0 aliphatic carbocycles. The highest BCUT2D eigenvalue weighted by atomic mass is 35.5. The fourth-order valence-corrected chi connectivity index (χ4v) is 9.38. The van der Waals surface area contributed by atoms with Gasteiger partial charge >= 0.3 is 0 Å². The van der Waals surface area contributed by atoms with Crippen LogP contribution in [0.4, 0.5) is 8.78 Å². The van der Waals surface area contributed by atoms with Crippen LogP contribution in [0, 0.1) is 11.6 Å². The fourth-order valence-electron chi connectivity index (χ4n) is 5.33. The number of fused-ring (bicyclic) bond motifs is 1. The number of hydrogen-bond donors (Lipinski definition) is 2. The molecule has 0 saturated heterocycles. The lowest BCUT2D eigenvalue weighted by molar-refractivity contribution is 0.0954. The second kappa shape index (κ2) is 11.6. The van der Waals surface area contributed by atoms with Gasteiger partial charge in [0.15, 0.2) is 0 Å². The van der Waals surface area contributed by atoms with Gasteiger partial charge in [0.2, 0.25) is 0 Å². The zero-order valence-electron chi connectivity index (χ0n) is 21.6. The zero-order valence-corrected chi connectivity index (χ0v) is 23.3. The van der Waals surface area contributed by atoms with Gasteiger partial charge in [0.05, 0.1) is 5.52 Å². The largest absolute Gasteiger partial charge is 0.360 e. The first-order valence-corrected chi connectivity index (χ1v) is 15.9. The summed E-state index contributed by atoms with van der Waals surface area (Å²) in [5, 5.41) is 5.38. The van der Waals surface area contributed by atoms with E-state index in [0.717, 1.165) is 40.2 Å². The highest BCUT2D eigenvalue weighted by molar-refractivity contribution is 6.91. The van der Waals surface area contributed by atoms with E-state index in [-0.39, 0.29) is 17.5 Å².